The first-order valence-electron chi connectivity index (χ1n) is 9.05. The van der Waals surface area contributed by atoms with E-state index in [2.05, 4.69) is 31.1 Å². The summed E-state index contributed by atoms with van der Waals surface area (Å²) in [6.07, 6.45) is 5.69. The minimum absolute atomic E-state index is 0.0566. The number of amides is 1. The molecule has 0 saturated heterocycles. The fourth-order valence-corrected chi connectivity index (χ4v) is 3.23. The summed E-state index contributed by atoms with van der Waals surface area (Å²) in [6, 6.07) is 7.44. The molecule has 0 radical (unpaired) electrons. The van der Waals surface area contributed by atoms with Gasteiger partial charge in [0.1, 0.15) is 0 Å². The molecule has 0 bridgehead atoms. The van der Waals surface area contributed by atoms with Crippen LogP contribution in [0.4, 0.5) is 5.69 Å². The molecule has 0 spiro atoms. The lowest BCUT2D eigenvalue weighted by atomic mass is 9.97. The Kier molecular flexibility index (Phi) is 6.59. The third-order valence-electron chi connectivity index (χ3n) is 4.36. The number of anilines is 1. The summed E-state index contributed by atoms with van der Waals surface area (Å²) in [5, 5.41) is 4.06. The van der Waals surface area contributed by atoms with Gasteiger partial charge >= 0.3 is 0 Å². The van der Waals surface area contributed by atoms with E-state index in [-0.39, 0.29) is 17.4 Å². The van der Waals surface area contributed by atoms with E-state index in [1.165, 1.54) is 0 Å². The number of hydrogen-bond acceptors (Lipinski definition) is 2. The van der Waals surface area contributed by atoms with Crippen molar-refractivity contribution in [3.05, 3.63) is 40.2 Å². The predicted molar refractivity (Wildman–Crippen MR) is 100 cm³/mol. The van der Waals surface area contributed by atoms with Gasteiger partial charge in [0.15, 0.2) is 0 Å². The Morgan fingerprint density at radius 2 is 1.79 bits per heavy atom. The first kappa shape index (κ1) is 18.2. The second-order valence-corrected chi connectivity index (χ2v) is 6.43. The normalized spacial score (nSPS) is 11.2. The van der Waals surface area contributed by atoms with Gasteiger partial charge in [-0.3, -0.25) is 9.59 Å². The number of fused-ring (bicyclic) bond motifs is 1. The molecule has 0 aliphatic carbocycles. The molecule has 24 heavy (non-hydrogen) atoms. The number of nitrogens with one attached hydrogen (secondary N) is 2. The van der Waals surface area contributed by atoms with E-state index < -0.39 is 0 Å². The largest absolute Gasteiger partial charge is 0.326 e. The Hall–Kier alpha value is -2.10. The monoisotopic (exact) mass is 328 g/mol. The molecule has 0 fully saturated rings. The van der Waals surface area contributed by atoms with Gasteiger partial charge in [-0.1, -0.05) is 46.1 Å². The van der Waals surface area contributed by atoms with Gasteiger partial charge in [0.2, 0.25) is 11.5 Å². The van der Waals surface area contributed by atoms with E-state index in [9.17, 15) is 9.59 Å². The SMILES string of the molecule is CCCc1cc(=O)[nH]c2cc(NC(=O)C(CCC)CCC)ccc12. The van der Waals surface area contributed by atoms with Crippen LogP contribution in [0.5, 0.6) is 0 Å². The number of aromatic nitrogens is 1. The van der Waals surface area contributed by atoms with Crippen LogP contribution in [0.15, 0.2) is 29.1 Å². The molecule has 4 nitrogen and oxygen atoms in total. The van der Waals surface area contributed by atoms with Crippen LogP contribution in [0, 0.1) is 5.92 Å². The van der Waals surface area contributed by atoms with Crippen LogP contribution in [0.2, 0.25) is 0 Å². The molecule has 0 aliphatic heterocycles. The average Bonchev–Trinajstić information content (AvgIpc) is 2.54. The lowest BCUT2D eigenvalue weighted by Gasteiger charge is -2.15. The van der Waals surface area contributed by atoms with E-state index >= 15 is 0 Å². The quantitative estimate of drug-likeness (QED) is 0.742. The highest BCUT2D eigenvalue weighted by molar-refractivity contribution is 5.95. The van der Waals surface area contributed by atoms with E-state index in [4.69, 9.17) is 0 Å². The van der Waals surface area contributed by atoms with Crippen molar-refractivity contribution in [2.75, 3.05) is 5.32 Å². The summed E-state index contributed by atoms with van der Waals surface area (Å²) in [6.45, 7) is 6.31. The van der Waals surface area contributed by atoms with Crippen molar-refractivity contribution in [2.24, 2.45) is 5.92 Å². The van der Waals surface area contributed by atoms with Crippen LogP contribution in [0.1, 0.15) is 58.4 Å². The second-order valence-electron chi connectivity index (χ2n) is 6.43. The molecular formula is C20H28N2O2. The number of H-pyrrole nitrogens is 1. The van der Waals surface area contributed by atoms with Crippen molar-refractivity contribution in [1.29, 1.82) is 0 Å². The van der Waals surface area contributed by atoms with Crippen LogP contribution in [-0.2, 0) is 11.2 Å². The Morgan fingerprint density at radius 3 is 2.42 bits per heavy atom. The van der Waals surface area contributed by atoms with Crippen molar-refractivity contribution in [3.63, 3.8) is 0 Å². The maximum Gasteiger partial charge on any atom is 0.248 e. The molecule has 0 atom stereocenters. The average molecular weight is 328 g/mol. The molecule has 2 aromatic rings. The van der Waals surface area contributed by atoms with Gasteiger partial charge in [0.05, 0.1) is 5.52 Å². The van der Waals surface area contributed by atoms with Crippen molar-refractivity contribution in [2.45, 2.75) is 59.3 Å². The molecule has 2 rings (SSSR count). The number of aromatic amines is 1. The highest BCUT2D eigenvalue weighted by Gasteiger charge is 2.17. The third kappa shape index (κ3) is 4.47. The molecule has 1 aromatic heterocycles. The van der Waals surface area contributed by atoms with Gasteiger partial charge in [-0.05, 0) is 37.0 Å². The fraction of sp³-hybridized carbons (Fsp3) is 0.500. The van der Waals surface area contributed by atoms with E-state index in [1.807, 2.05) is 18.2 Å². The molecule has 1 heterocycles. The Labute approximate surface area is 143 Å². The van der Waals surface area contributed by atoms with E-state index in [1.54, 1.807) is 6.07 Å². The van der Waals surface area contributed by atoms with Crippen molar-refractivity contribution >= 4 is 22.5 Å². The number of pyridine rings is 1. The summed E-state index contributed by atoms with van der Waals surface area (Å²) in [7, 11) is 0. The summed E-state index contributed by atoms with van der Waals surface area (Å²) >= 11 is 0. The number of benzene rings is 1. The highest BCUT2D eigenvalue weighted by atomic mass is 16.2. The van der Waals surface area contributed by atoms with E-state index in [0.717, 1.165) is 60.7 Å². The third-order valence-corrected chi connectivity index (χ3v) is 4.36. The summed E-state index contributed by atoms with van der Waals surface area (Å²) < 4.78 is 0. The number of carbonyl (C=O) groups is 1. The van der Waals surface area contributed by atoms with Crippen LogP contribution >= 0.6 is 0 Å². The summed E-state index contributed by atoms with van der Waals surface area (Å²) in [5.74, 6) is 0.131. The van der Waals surface area contributed by atoms with E-state index in [0.29, 0.717) is 0 Å². The number of rotatable bonds is 8. The lowest BCUT2D eigenvalue weighted by molar-refractivity contribution is -0.120. The molecular weight excluding hydrogens is 300 g/mol. The Bertz CT molecular complexity index is 743. The molecule has 4 heteroatoms. The first-order chi connectivity index (χ1) is 11.6. The zero-order chi connectivity index (χ0) is 17.5. The van der Waals surface area contributed by atoms with Crippen LogP contribution in [0.3, 0.4) is 0 Å². The van der Waals surface area contributed by atoms with Gasteiger partial charge in [0.25, 0.3) is 0 Å². The highest BCUT2D eigenvalue weighted by Crippen LogP contribution is 2.22. The Balaban J connectivity index is 2.27. The van der Waals surface area contributed by atoms with Crippen molar-refractivity contribution < 1.29 is 4.79 Å². The van der Waals surface area contributed by atoms with Gasteiger partial charge in [-0.2, -0.15) is 0 Å². The van der Waals surface area contributed by atoms with Gasteiger partial charge in [0, 0.05) is 23.1 Å². The molecule has 0 aliphatic rings. The zero-order valence-electron chi connectivity index (χ0n) is 14.9. The first-order valence-corrected chi connectivity index (χ1v) is 9.05. The maximum atomic E-state index is 12.5. The minimum Gasteiger partial charge on any atom is -0.326 e. The van der Waals surface area contributed by atoms with Gasteiger partial charge < -0.3 is 10.3 Å². The van der Waals surface area contributed by atoms with Crippen molar-refractivity contribution in [3.8, 4) is 0 Å². The molecule has 130 valence electrons. The topological polar surface area (TPSA) is 62.0 Å². The smallest absolute Gasteiger partial charge is 0.248 e. The molecule has 1 amide bonds. The fourth-order valence-electron chi connectivity index (χ4n) is 3.23. The summed E-state index contributed by atoms with van der Waals surface area (Å²) in [4.78, 5) is 27.2. The van der Waals surface area contributed by atoms with Gasteiger partial charge in [-0.25, -0.2) is 0 Å². The number of hydrogen-bond donors (Lipinski definition) is 2. The zero-order valence-corrected chi connectivity index (χ0v) is 14.9. The molecule has 1 aromatic carbocycles. The number of aryl methyl sites for hydroxylation is 1. The molecule has 2 N–H and O–H groups in total. The van der Waals surface area contributed by atoms with Crippen LogP contribution in [-0.4, -0.2) is 10.9 Å². The standard InChI is InChI=1S/C20H28N2O2/c1-4-7-14(8-5-2)20(24)21-16-10-11-17-15(9-6-3)12-19(23)22-18(17)13-16/h10-14H,4-9H2,1-3H3,(H,21,24)(H,22,23). The maximum absolute atomic E-state index is 12.5. The minimum atomic E-state index is -0.0933. The lowest BCUT2D eigenvalue weighted by Crippen LogP contribution is -2.22. The van der Waals surface area contributed by atoms with Crippen molar-refractivity contribution in [1.82, 2.24) is 4.98 Å². The molecule has 0 saturated carbocycles. The van der Waals surface area contributed by atoms with Crippen LogP contribution in [0.25, 0.3) is 10.9 Å². The second kappa shape index (κ2) is 8.67. The number of carbonyl (C=O) groups excluding carboxylic acids is 1. The summed E-state index contributed by atoms with van der Waals surface area (Å²) in [5.41, 5.74) is 2.49. The van der Waals surface area contributed by atoms with Crippen LogP contribution < -0.4 is 10.9 Å². The Morgan fingerprint density at radius 1 is 1.08 bits per heavy atom. The molecule has 0 unspecified atom stereocenters. The predicted octanol–water partition coefficient (Wildman–Crippen LogP) is 4.64. The van der Waals surface area contributed by atoms with Gasteiger partial charge in [-0.15, -0.1) is 0 Å².